The molecule has 3 aromatic carbocycles. The maximum absolute atomic E-state index is 14.3. The molecule has 0 bridgehead atoms. The molecule has 11 heteroatoms. The Hall–Kier alpha value is -5.16. The highest BCUT2D eigenvalue weighted by Gasteiger charge is 2.34. The molecule has 0 amide bonds. The number of rotatable bonds is 14. The highest BCUT2D eigenvalue weighted by molar-refractivity contribution is 7.07. The number of halogens is 1. The van der Waals surface area contributed by atoms with E-state index in [0.717, 1.165) is 5.56 Å². The minimum Gasteiger partial charge on any atom is -0.493 e. The van der Waals surface area contributed by atoms with Gasteiger partial charge in [0.25, 0.3) is 5.56 Å². The first kappa shape index (κ1) is 36.1. The van der Waals surface area contributed by atoms with Crippen LogP contribution in [0.5, 0.6) is 23.0 Å². The molecule has 1 aliphatic rings. The summed E-state index contributed by atoms with van der Waals surface area (Å²) < 4.78 is 45.0. The molecule has 0 aliphatic carbocycles. The molecule has 0 saturated heterocycles. The van der Waals surface area contributed by atoms with E-state index in [1.54, 1.807) is 63.4 Å². The number of hydrogen-bond donors (Lipinski definition) is 0. The molecule has 1 atom stereocenters. The van der Waals surface area contributed by atoms with E-state index in [-0.39, 0.29) is 36.3 Å². The number of hydrogen-bond acceptors (Lipinski definition) is 9. The normalized spacial score (nSPS) is 14.2. The van der Waals surface area contributed by atoms with Gasteiger partial charge in [0.15, 0.2) is 27.8 Å². The second-order valence-electron chi connectivity index (χ2n) is 11.7. The number of nitrogens with zero attached hydrogens (tertiary/aromatic N) is 2. The monoisotopic (exact) mass is 700 g/mol. The van der Waals surface area contributed by atoms with Crippen molar-refractivity contribution in [2.45, 2.75) is 59.8 Å². The lowest BCUT2D eigenvalue weighted by molar-refractivity contribution is -0.139. The lowest BCUT2D eigenvalue weighted by Crippen LogP contribution is -2.40. The number of benzene rings is 3. The van der Waals surface area contributed by atoms with Gasteiger partial charge in [0.05, 0.1) is 48.3 Å². The Morgan fingerprint density at radius 1 is 1.06 bits per heavy atom. The van der Waals surface area contributed by atoms with Crippen molar-refractivity contribution in [3.63, 3.8) is 0 Å². The number of esters is 1. The Morgan fingerprint density at radius 3 is 2.54 bits per heavy atom. The van der Waals surface area contributed by atoms with Crippen molar-refractivity contribution in [2.24, 2.45) is 4.99 Å². The summed E-state index contributed by atoms with van der Waals surface area (Å²) in [7, 11) is 1.54. The largest absolute Gasteiger partial charge is 0.493 e. The molecule has 0 spiro atoms. The molecule has 50 heavy (non-hydrogen) atoms. The number of carbonyl (C=O) groups is 1. The third kappa shape index (κ3) is 7.83. The molecular weight excluding hydrogens is 660 g/mol. The predicted octanol–water partition coefficient (Wildman–Crippen LogP) is 6.44. The summed E-state index contributed by atoms with van der Waals surface area (Å²) >= 11 is 1.22. The number of thiazole rings is 1. The number of ether oxygens (including phenoxy) is 5. The Bertz CT molecular complexity index is 2120. The quantitative estimate of drug-likeness (QED) is 0.110. The highest BCUT2D eigenvalue weighted by atomic mass is 32.1. The molecule has 0 fully saturated rings. The fraction of sp³-hybridized carbons (Fsp3) is 0.308. The fourth-order valence-corrected chi connectivity index (χ4v) is 6.79. The molecule has 0 N–H and O–H groups in total. The van der Waals surface area contributed by atoms with Crippen LogP contribution >= 0.6 is 11.3 Å². The molecule has 1 aliphatic heterocycles. The number of aromatic nitrogens is 1. The number of fused-ring (bicyclic) bond motifs is 1. The second-order valence-corrected chi connectivity index (χ2v) is 12.7. The van der Waals surface area contributed by atoms with E-state index in [4.69, 9.17) is 28.7 Å². The molecule has 2 heterocycles. The van der Waals surface area contributed by atoms with Gasteiger partial charge >= 0.3 is 5.97 Å². The molecular formula is C39H41FN2O7S. The van der Waals surface area contributed by atoms with Gasteiger partial charge in [-0.05, 0) is 100 Å². The minimum atomic E-state index is -0.830. The summed E-state index contributed by atoms with van der Waals surface area (Å²) in [5, 5.41) is 0. The maximum atomic E-state index is 14.3. The fourth-order valence-electron chi connectivity index (χ4n) is 5.75. The van der Waals surface area contributed by atoms with Crippen LogP contribution in [0.3, 0.4) is 0 Å². The van der Waals surface area contributed by atoms with Crippen molar-refractivity contribution >= 4 is 23.4 Å². The molecule has 0 unspecified atom stereocenters. The Morgan fingerprint density at radius 2 is 1.86 bits per heavy atom. The molecule has 0 saturated carbocycles. The minimum absolute atomic E-state index is 0.0889. The van der Waals surface area contributed by atoms with Gasteiger partial charge in [-0.3, -0.25) is 9.36 Å². The van der Waals surface area contributed by atoms with Crippen molar-refractivity contribution in [2.75, 3.05) is 20.3 Å². The average molecular weight is 701 g/mol. The van der Waals surface area contributed by atoms with Gasteiger partial charge in [0.1, 0.15) is 12.4 Å². The lowest BCUT2D eigenvalue weighted by atomic mass is 9.95. The highest BCUT2D eigenvalue weighted by Crippen LogP contribution is 2.37. The SMILES string of the molecule is C=CCc1cc(/C=c2\sc3n(c2=O)[C@@H](c2ccc(OC(C)C)c(OC)c2)C(C(=O)OCC)=C(C)N=3)cc(OCC)c1OCc1cccc(F)c1. The van der Waals surface area contributed by atoms with Crippen molar-refractivity contribution < 1.29 is 32.9 Å². The van der Waals surface area contributed by atoms with Crippen molar-refractivity contribution in [3.8, 4) is 23.0 Å². The molecule has 1 aromatic heterocycles. The van der Waals surface area contributed by atoms with Crippen LogP contribution in [0.15, 0.2) is 88.3 Å². The Kier molecular flexibility index (Phi) is 11.6. The molecule has 0 radical (unpaired) electrons. The third-order valence-corrected chi connectivity index (χ3v) is 8.75. The van der Waals surface area contributed by atoms with Crippen molar-refractivity contribution in [1.82, 2.24) is 4.57 Å². The van der Waals surface area contributed by atoms with Crippen molar-refractivity contribution in [3.05, 3.63) is 126 Å². The Labute approximate surface area is 294 Å². The zero-order chi connectivity index (χ0) is 35.9. The standard InChI is InChI=1S/C39H41FN2O7S/c1-8-12-28-17-26(19-32(46-9-2)36(28)48-22-25-13-11-14-29(40)18-25)20-33-37(43)42-35(27-15-16-30(49-23(4)5)31(21-27)45-7)34(38(44)47-10-3)24(6)41-39(42)50-33/h8,11,13-21,23,35H,1,9-10,12,22H2,2-7H3/b33-20-/t35-/m0/s1. The summed E-state index contributed by atoms with van der Waals surface area (Å²) in [5.41, 5.74) is 3.18. The van der Waals surface area contributed by atoms with Crippen LogP contribution < -0.4 is 33.8 Å². The molecule has 262 valence electrons. The van der Waals surface area contributed by atoms with E-state index < -0.39 is 12.0 Å². The van der Waals surface area contributed by atoms with Gasteiger partial charge in [0.2, 0.25) is 0 Å². The first-order valence-corrected chi connectivity index (χ1v) is 17.2. The van der Waals surface area contributed by atoms with Crippen LogP contribution in [0, 0.1) is 5.82 Å². The van der Waals surface area contributed by atoms with Crippen LogP contribution in [0.25, 0.3) is 6.08 Å². The van der Waals surface area contributed by atoms with Crippen molar-refractivity contribution in [1.29, 1.82) is 0 Å². The Balaban J connectivity index is 1.64. The van der Waals surface area contributed by atoms with Crippen LogP contribution in [0.1, 0.15) is 62.9 Å². The number of allylic oxidation sites excluding steroid dienone is 2. The van der Waals surface area contributed by atoms with Gasteiger partial charge in [-0.15, -0.1) is 6.58 Å². The van der Waals surface area contributed by atoms with Gasteiger partial charge in [0, 0.05) is 5.56 Å². The summed E-state index contributed by atoms with van der Waals surface area (Å²) in [6.07, 6.45) is 3.90. The summed E-state index contributed by atoms with van der Waals surface area (Å²) in [6, 6.07) is 14.5. The smallest absolute Gasteiger partial charge is 0.338 e. The van der Waals surface area contributed by atoms with E-state index in [0.29, 0.717) is 67.7 Å². The van der Waals surface area contributed by atoms with E-state index in [1.165, 1.54) is 28.0 Å². The van der Waals surface area contributed by atoms with Gasteiger partial charge in [-0.25, -0.2) is 14.2 Å². The summed E-state index contributed by atoms with van der Waals surface area (Å²) in [6.45, 7) is 13.7. The predicted molar refractivity (Wildman–Crippen MR) is 191 cm³/mol. The summed E-state index contributed by atoms with van der Waals surface area (Å²) in [4.78, 5) is 32.9. The van der Waals surface area contributed by atoms with E-state index in [2.05, 4.69) is 6.58 Å². The molecule has 5 rings (SSSR count). The average Bonchev–Trinajstić information content (AvgIpc) is 3.37. The zero-order valence-corrected chi connectivity index (χ0v) is 29.9. The summed E-state index contributed by atoms with van der Waals surface area (Å²) in [5.74, 6) is 1.11. The van der Waals surface area contributed by atoms with Crippen LogP contribution in [0.2, 0.25) is 0 Å². The number of carbonyl (C=O) groups excluding carboxylic acids is 1. The van der Waals surface area contributed by atoms with Crippen LogP contribution in [-0.4, -0.2) is 37.0 Å². The maximum Gasteiger partial charge on any atom is 0.338 e. The lowest BCUT2D eigenvalue weighted by Gasteiger charge is -2.25. The molecule has 9 nitrogen and oxygen atoms in total. The number of methoxy groups -OCH3 is 1. The van der Waals surface area contributed by atoms with Gasteiger partial charge in [-0.2, -0.15) is 0 Å². The first-order chi connectivity index (χ1) is 24.1. The molecule has 4 aromatic rings. The first-order valence-electron chi connectivity index (χ1n) is 16.4. The topological polar surface area (TPSA) is 97.6 Å². The van der Waals surface area contributed by atoms with Gasteiger partial charge < -0.3 is 23.7 Å². The van der Waals surface area contributed by atoms with E-state index in [1.807, 2.05) is 32.9 Å². The zero-order valence-electron chi connectivity index (χ0n) is 29.1. The van der Waals surface area contributed by atoms with Gasteiger partial charge in [-0.1, -0.05) is 35.6 Å². The van der Waals surface area contributed by atoms with E-state index >= 15 is 0 Å². The van der Waals surface area contributed by atoms with Crippen LogP contribution in [-0.2, 0) is 22.6 Å². The van der Waals surface area contributed by atoms with Crippen LogP contribution in [0.4, 0.5) is 4.39 Å². The second kappa shape index (κ2) is 16.0. The third-order valence-electron chi connectivity index (χ3n) is 7.77. The van der Waals surface area contributed by atoms with E-state index in [9.17, 15) is 14.0 Å².